The van der Waals surface area contributed by atoms with Gasteiger partial charge >= 0.3 is 11.9 Å². The van der Waals surface area contributed by atoms with Crippen LogP contribution in [0.1, 0.15) is 0 Å². The zero-order chi connectivity index (χ0) is 5.56. The van der Waals surface area contributed by atoms with Crippen molar-refractivity contribution in [3.05, 3.63) is 11.7 Å². The summed E-state index contributed by atoms with van der Waals surface area (Å²) in [5, 5.41) is 0. The van der Waals surface area contributed by atoms with Crippen LogP contribution in [-0.4, -0.2) is 12.8 Å². The van der Waals surface area contributed by atoms with Gasteiger partial charge in [0.15, 0.2) is 0 Å². The molecule has 0 saturated heterocycles. The van der Waals surface area contributed by atoms with Gasteiger partial charge < -0.3 is 14.2 Å². The topological polar surface area (TPSA) is 48.1 Å². The third-order valence-electron chi connectivity index (χ3n) is 0.904. The molecular formula is C4H2O4. The smallest absolute Gasteiger partial charge is 0.384 e. The highest BCUT2D eigenvalue weighted by atomic mass is 16.8. The summed E-state index contributed by atoms with van der Waals surface area (Å²) in [5.41, 5.74) is 0. The second-order valence-corrected chi connectivity index (χ2v) is 1.41. The minimum atomic E-state index is -0.425. The average Bonchev–Trinajstić information content (AvgIpc) is 2.45. The lowest BCUT2D eigenvalue weighted by Gasteiger charge is -1.98. The molecule has 2 aliphatic heterocycles. The van der Waals surface area contributed by atoms with Gasteiger partial charge in [-0.2, -0.15) is 0 Å². The van der Waals surface area contributed by atoms with Crippen molar-refractivity contribution in [3.63, 3.8) is 0 Å². The van der Waals surface area contributed by atoms with E-state index in [2.05, 4.69) is 14.2 Å². The van der Waals surface area contributed by atoms with E-state index in [4.69, 9.17) is 0 Å². The number of esters is 1. The summed E-state index contributed by atoms with van der Waals surface area (Å²) in [5.74, 6) is 0.115. The first kappa shape index (κ1) is 3.77. The van der Waals surface area contributed by atoms with Crippen molar-refractivity contribution in [2.24, 2.45) is 0 Å². The Morgan fingerprint density at radius 2 is 2.25 bits per heavy atom. The minimum absolute atomic E-state index is 0.0162. The maximum absolute atomic E-state index is 10.4. The molecule has 0 aromatic carbocycles. The molecule has 8 heavy (non-hydrogen) atoms. The Morgan fingerprint density at radius 1 is 1.38 bits per heavy atom. The van der Waals surface area contributed by atoms with E-state index in [0.717, 1.165) is 0 Å². The lowest BCUT2D eigenvalue weighted by molar-refractivity contribution is -0.149. The second kappa shape index (κ2) is 0.964. The number of cyclic esters (lactones) is 1. The van der Waals surface area contributed by atoms with Gasteiger partial charge in [0.1, 0.15) is 0 Å². The van der Waals surface area contributed by atoms with Crippen LogP contribution in [0.25, 0.3) is 0 Å². The van der Waals surface area contributed by atoms with Crippen molar-refractivity contribution in [3.8, 4) is 0 Å². The lowest BCUT2D eigenvalue weighted by Crippen LogP contribution is -2.07. The van der Waals surface area contributed by atoms with E-state index in [-0.39, 0.29) is 12.6 Å². The third kappa shape index (κ3) is 0.318. The molecule has 4 nitrogen and oxygen atoms in total. The van der Waals surface area contributed by atoms with E-state index in [1.165, 1.54) is 0 Å². The van der Waals surface area contributed by atoms with Crippen LogP contribution in [0, 0.1) is 0 Å². The number of ether oxygens (including phenoxy) is 3. The Kier molecular flexibility index (Phi) is 0.454. The first-order valence-electron chi connectivity index (χ1n) is 2.10. The summed E-state index contributed by atoms with van der Waals surface area (Å²) in [6.07, 6.45) is 0. The van der Waals surface area contributed by atoms with Gasteiger partial charge in [-0.05, 0) is 0 Å². The Hall–Kier alpha value is -1.19. The summed E-state index contributed by atoms with van der Waals surface area (Å²) in [6, 6.07) is 0. The van der Waals surface area contributed by atoms with Gasteiger partial charge in [0.05, 0.1) is 0 Å². The molecule has 0 N–H and O–H groups in total. The fourth-order valence-corrected chi connectivity index (χ4v) is 0.489. The fraction of sp³-hybridized carbons (Fsp3) is 0.250. The molecule has 0 aliphatic carbocycles. The highest BCUT2D eigenvalue weighted by Crippen LogP contribution is 2.31. The van der Waals surface area contributed by atoms with Gasteiger partial charge in [0, 0.05) is 0 Å². The number of carbonyl (C=O) groups is 1. The molecule has 42 valence electrons. The van der Waals surface area contributed by atoms with E-state index < -0.39 is 5.97 Å². The van der Waals surface area contributed by atoms with E-state index in [9.17, 15) is 4.79 Å². The summed E-state index contributed by atoms with van der Waals surface area (Å²) in [6.45, 7) is -0.0162. The van der Waals surface area contributed by atoms with Gasteiger partial charge in [-0.25, -0.2) is 4.79 Å². The maximum atomic E-state index is 10.4. The molecule has 0 amide bonds. The highest BCUT2D eigenvalue weighted by molar-refractivity contribution is 5.90. The van der Waals surface area contributed by atoms with Crippen LogP contribution in [-0.2, 0) is 19.0 Å². The quantitative estimate of drug-likeness (QED) is 0.406. The van der Waals surface area contributed by atoms with E-state index in [1.54, 1.807) is 0 Å². The predicted octanol–water partition coefficient (Wildman–Crippen LogP) is -0.283. The van der Waals surface area contributed by atoms with Crippen molar-refractivity contribution in [2.75, 3.05) is 6.79 Å². The molecule has 4 heteroatoms. The van der Waals surface area contributed by atoms with Gasteiger partial charge in [0.2, 0.25) is 6.79 Å². The van der Waals surface area contributed by atoms with Crippen molar-refractivity contribution >= 4 is 5.97 Å². The fourth-order valence-electron chi connectivity index (χ4n) is 0.489. The number of rotatable bonds is 0. The molecule has 0 radical (unpaired) electrons. The van der Waals surface area contributed by atoms with Crippen LogP contribution in [0.5, 0.6) is 0 Å². The van der Waals surface area contributed by atoms with Crippen molar-refractivity contribution in [1.82, 2.24) is 0 Å². The van der Waals surface area contributed by atoms with E-state index in [0.29, 0.717) is 5.95 Å². The van der Waals surface area contributed by atoms with Crippen LogP contribution in [0.2, 0.25) is 0 Å². The molecule has 0 aromatic heterocycles. The number of hydrogen-bond acceptors (Lipinski definition) is 4. The lowest BCUT2D eigenvalue weighted by atomic mass is 10.6. The van der Waals surface area contributed by atoms with Crippen LogP contribution in [0.3, 0.4) is 0 Å². The van der Waals surface area contributed by atoms with Crippen LogP contribution in [0.4, 0.5) is 0 Å². The van der Waals surface area contributed by atoms with Gasteiger partial charge in [-0.15, -0.1) is 0 Å². The molecule has 0 saturated carbocycles. The molecule has 0 spiro atoms. The van der Waals surface area contributed by atoms with Crippen molar-refractivity contribution in [1.29, 1.82) is 0 Å². The molecule has 0 unspecified atom stereocenters. The summed E-state index contributed by atoms with van der Waals surface area (Å²) in [7, 11) is 0. The standard InChI is InChI=1S/C4H2O4/c5-3-2-4(8-2)7-1-6-3/h1H2. The number of carbonyl (C=O) groups excluding carboxylic acids is 1. The molecule has 0 bridgehead atoms. The molecule has 2 heterocycles. The Balaban J connectivity index is 2.29. The minimum Gasteiger partial charge on any atom is -0.424 e. The normalized spacial score (nSPS) is 22.8. The highest BCUT2D eigenvalue weighted by Gasteiger charge is 2.40. The monoisotopic (exact) mass is 114 g/mol. The largest absolute Gasteiger partial charge is 0.424 e. The van der Waals surface area contributed by atoms with Crippen molar-refractivity contribution < 1.29 is 19.0 Å². The zero-order valence-corrected chi connectivity index (χ0v) is 3.84. The number of hydrogen-bond donors (Lipinski definition) is 0. The summed E-state index contributed by atoms with van der Waals surface area (Å²) < 4.78 is 13.6. The Bertz CT molecular complexity index is 173. The van der Waals surface area contributed by atoms with Gasteiger partial charge in [0.25, 0.3) is 5.76 Å². The predicted molar refractivity (Wildman–Crippen MR) is 20.2 cm³/mol. The Labute approximate surface area is 44.6 Å². The maximum Gasteiger partial charge on any atom is 0.384 e. The zero-order valence-electron chi connectivity index (χ0n) is 3.84. The SMILES string of the molecule is O=C1OCOC2=C1O2. The molecule has 2 rings (SSSR count). The summed E-state index contributed by atoms with van der Waals surface area (Å²) >= 11 is 0. The molecular weight excluding hydrogens is 112 g/mol. The van der Waals surface area contributed by atoms with E-state index >= 15 is 0 Å². The van der Waals surface area contributed by atoms with Crippen LogP contribution < -0.4 is 0 Å². The first-order chi connectivity index (χ1) is 3.88. The summed E-state index contributed by atoms with van der Waals surface area (Å²) in [4.78, 5) is 10.4. The van der Waals surface area contributed by atoms with Crippen molar-refractivity contribution in [2.45, 2.75) is 0 Å². The molecule has 0 aromatic rings. The third-order valence-corrected chi connectivity index (χ3v) is 0.904. The first-order valence-corrected chi connectivity index (χ1v) is 2.10. The van der Waals surface area contributed by atoms with Gasteiger partial charge in [-0.1, -0.05) is 0 Å². The Morgan fingerprint density at radius 3 is 2.88 bits per heavy atom. The van der Waals surface area contributed by atoms with Gasteiger partial charge in [-0.3, -0.25) is 0 Å². The van der Waals surface area contributed by atoms with E-state index in [1.807, 2.05) is 0 Å². The molecule has 0 fully saturated rings. The van der Waals surface area contributed by atoms with Crippen LogP contribution in [0.15, 0.2) is 11.7 Å². The second-order valence-electron chi connectivity index (χ2n) is 1.41. The van der Waals surface area contributed by atoms with Crippen LogP contribution >= 0.6 is 0 Å². The molecule has 0 atom stereocenters. The molecule has 2 aliphatic rings. The average molecular weight is 114 g/mol.